The van der Waals surface area contributed by atoms with Gasteiger partial charge in [-0.15, -0.1) is 0 Å². The molecule has 1 rings (SSSR count). The number of hydrogen-bond donors (Lipinski definition) is 3. The van der Waals surface area contributed by atoms with Crippen LogP contribution in [-0.2, 0) is 9.53 Å². The fourth-order valence-electron chi connectivity index (χ4n) is 1.64. The summed E-state index contributed by atoms with van der Waals surface area (Å²) >= 11 is 11.8. The highest BCUT2D eigenvalue weighted by molar-refractivity contribution is 6.39. The van der Waals surface area contributed by atoms with Gasteiger partial charge in [0.25, 0.3) is 5.91 Å². The van der Waals surface area contributed by atoms with Crippen molar-refractivity contribution >= 4 is 41.2 Å². The Morgan fingerprint density at radius 3 is 2.21 bits per heavy atom. The van der Waals surface area contributed by atoms with Crippen LogP contribution >= 0.6 is 23.2 Å². The van der Waals surface area contributed by atoms with Crippen LogP contribution in [0.15, 0.2) is 18.2 Å². The Bertz CT molecular complexity index is 623. The number of hydrogen-bond acceptors (Lipinski definition) is 4. The maximum atomic E-state index is 12.2. The van der Waals surface area contributed by atoms with E-state index in [-0.39, 0.29) is 22.2 Å². The SMILES string of the molecule is CC(C)(C)OC(=O)NC[C@H](NC(=O)c1c(Cl)cccc1Cl)C(=O)O. The Labute approximate surface area is 149 Å². The summed E-state index contributed by atoms with van der Waals surface area (Å²) in [5, 5.41) is 13.9. The van der Waals surface area contributed by atoms with Gasteiger partial charge in [-0.3, -0.25) is 4.79 Å². The molecule has 0 bridgehead atoms. The quantitative estimate of drug-likeness (QED) is 0.732. The molecule has 0 aliphatic heterocycles. The lowest BCUT2D eigenvalue weighted by Crippen LogP contribution is -2.49. The molecule has 0 spiro atoms. The first-order chi connectivity index (χ1) is 11.0. The van der Waals surface area contributed by atoms with E-state index in [4.69, 9.17) is 27.9 Å². The number of ether oxygens (including phenoxy) is 1. The predicted molar refractivity (Wildman–Crippen MR) is 89.6 cm³/mol. The van der Waals surface area contributed by atoms with Gasteiger partial charge in [-0.05, 0) is 32.9 Å². The molecule has 3 N–H and O–H groups in total. The summed E-state index contributed by atoms with van der Waals surface area (Å²) in [5.41, 5.74) is -0.763. The summed E-state index contributed by atoms with van der Waals surface area (Å²) in [7, 11) is 0. The average molecular weight is 377 g/mol. The van der Waals surface area contributed by atoms with Gasteiger partial charge in [-0.25, -0.2) is 9.59 Å². The van der Waals surface area contributed by atoms with Gasteiger partial charge in [0, 0.05) is 0 Å². The van der Waals surface area contributed by atoms with Crippen molar-refractivity contribution in [2.75, 3.05) is 6.54 Å². The molecule has 1 aromatic carbocycles. The highest BCUT2D eigenvalue weighted by Gasteiger charge is 2.25. The Balaban J connectivity index is 2.75. The minimum absolute atomic E-state index is 0.0376. The van der Waals surface area contributed by atoms with E-state index in [1.165, 1.54) is 12.1 Å². The molecule has 0 aromatic heterocycles. The van der Waals surface area contributed by atoms with Crippen molar-refractivity contribution in [1.29, 1.82) is 0 Å². The fraction of sp³-hybridized carbons (Fsp3) is 0.400. The molecular weight excluding hydrogens is 359 g/mol. The molecule has 1 atom stereocenters. The average Bonchev–Trinajstić information content (AvgIpc) is 2.40. The van der Waals surface area contributed by atoms with E-state index in [0.29, 0.717) is 0 Å². The van der Waals surface area contributed by atoms with Gasteiger partial charge < -0.3 is 20.5 Å². The van der Waals surface area contributed by atoms with Crippen molar-refractivity contribution in [2.24, 2.45) is 0 Å². The van der Waals surface area contributed by atoms with Crippen molar-refractivity contribution < 1.29 is 24.2 Å². The molecule has 2 amide bonds. The molecule has 9 heteroatoms. The number of amides is 2. The van der Waals surface area contributed by atoms with Crippen LogP contribution in [0.2, 0.25) is 10.0 Å². The zero-order valence-electron chi connectivity index (χ0n) is 13.4. The maximum absolute atomic E-state index is 12.2. The monoisotopic (exact) mass is 376 g/mol. The Hall–Kier alpha value is -1.99. The predicted octanol–water partition coefficient (Wildman–Crippen LogP) is 2.70. The summed E-state index contributed by atoms with van der Waals surface area (Å²) in [6, 6.07) is 3.09. The first-order valence-corrected chi connectivity index (χ1v) is 7.71. The number of benzene rings is 1. The fourth-order valence-corrected chi connectivity index (χ4v) is 2.21. The van der Waals surface area contributed by atoms with Crippen molar-refractivity contribution in [3.8, 4) is 0 Å². The van der Waals surface area contributed by atoms with Crippen LogP contribution in [0.4, 0.5) is 4.79 Å². The van der Waals surface area contributed by atoms with Gasteiger partial charge in [0.2, 0.25) is 0 Å². The molecular formula is C15H18Cl2N2O5. The zero-order valence-corrected chi connectivity index (χ0v) is 14.9. The summed E-state index contributed by atoms with van der Waals surface area (Å²) in [4.78, 5) is 35.0. The van der Waals surface area contributed by atoms with E-state index in [1.54, 1.807) is 26.8 Å². The van der Waals surface area contributed by atoms with Crippen LogP contribution in [0.5, 0.6) is 0 Å². The normalized spacial score (nSPS) is 12.2. The number of rotatable bonds is 5. The van der Waals surface area contributed by atoms with Crippen molar-refractivity contribution in [2.45, 2.75) is 32.4 Å². The standard InChI is InChI=1S/C15H18Cl2N2O5/c1-15(2,3)24-14(23)18-7-10(13(21)22)19-12(20)11-8(16)5-4-6-9(11)17/h4-6,10H,7H2,1-3H3,(H,18,23)(H,19,20)(H,21,22)/t10-/m0/s1. The molecule has 24 heavy (non-hydrogen) atoms. The van der Waals surface area contributed by atoms with E-state index >= 15 is 0 Å². The first kappa shape index (κ1) is 20.1. The van der Waals surface area contributed by atoms with Gasteiger partial charge >= 0.3 is 12.1 Å². The maximum Gasteiger partial charge on any atom is 0.407 e. The van der Waals surface area contributed by atoms with E-state index in [9.17, 15) is 19.5 Å². The second-order valence-electron chi connectivity index (χ2n) is 5.84. The van der Waals surface area contributed by atoms with Crippen LogP contribution in [0, 0.1) is 0 Å². The number of carboxylic acids is 1. The summed E-state index contributed by atoms with van der Waals surface area (Å²) in [6.45, 7) is 4.64. The molecule has 0 fully saturated rings. The summed E-state index contributed by atoms with van der Waals surface area (Å²) in [6.07, 6.45) is -0.793. The van der Waals surface area contributed by atoms with Crippen LogP contribution in [0.25, 0.3) is 0 Å². The number of aliphatic carboxylic acids is 1. The van der Waals surface area contributed by atoms with Gasteiger partial charge in [0.15, 0.2) is 0 Å². The third-order valence-electron chi connectivity index (χ3n) is 2.64. The van der Waals surface area contributed by atoms with E-state index in [0.717, 1.165) is 0 Å². The lowest BCUT2D eigenvalue weighted by molar-refractivity contribution is -0.139. The van der Waals surface area contributed by atoms with Crippen LogP contribution in [-0.4, -0.2) is 41.3 Å². The summed E-state index contributed by atoms with van der Waals surface area (Å²) in [5.74, 6) is -2.09. The first-order valence-electron chi connectivity index (χ1n) is 6.96. The van der Waals surface area contributed by atoms with Gasteiger partial charge in [-0.2, -0.15) is 0 Å². The zero-order chi connectivity index (χ0) is 18.5. The Morgan fingerprint density at radius 1 is 1.21 bits per heavy atom. The highest BCUT2D eigenvalue weighted by Crippen LogP contribution is 2.24. The number of carbonyl (C=O) groups excluding carboxylic acids is 2. The minimum Gasteiger partial charge on any atom is -0.480 e. The number of halogens is 2. The third-order valence-corrected chi connectivity index (χ3v) is 3.27. The molecule has 0 heterocycles. The Kier molecular flexibility index (Phi) is 6.86. The largest absolute Gasteiger partial charge is 0.480 e. The van der Waals surface area contributed by atoms with Gasteiger partial charge in [0.05, 0.1) is 22.2 Å². The number of alkyl carbamates (subject to hydrolysis) is 1. The number of nitrogens with one attached hydrogen (secondary N) is 2. The van der Waals surface area contributed by atoms with Gasteiger partial charge in [0.1, 0.15) is 11.6 Å². The molecule has 0 saturated carbocycles. The van der Waals surface area contributed by atoms with E-state index in [1.807, 2.05) is 0 Å². The molecule has 7 nitrogen and oxygen atoms in total. The highest BCUT2D eigenvalue weighted by atomic mass is 35.5. The van der Waals surface area contributed by atoms with Crippen LogP contribution < -0.4 is 10.6 Å². The van der Waals surface area contributed by atoms with Crippen molar-refractivity contribution in [1.82, 2.24) is 10.6 Å². The lowest BCUT2D eigenvalue weighted by atomic mass is 10.2. The molecule has 0 radical (unpaired) electrons. The molecule has 0 unspecified atom stereocenters. The smallest absolute Gasteiger partial charge is 0.407 e. The molecule has 1 aromatic rings. The van der Waals surface area contributed by atoms with Crippen LogP contribution in [0.1, 0.15) is 31.1 Å². The second-order valence-corrected chi connectivity index (χ2v) is 6.66. The van der Waals surface area contributed by atoms with E-state index < -0.39 is 29.6 Å². The second kappa shape index (κ2) is 8.21. The van der Waals surface area contributed by atoms with Crippen molar-refractivity contribution in [3.63, 3.8) is 0 Å². The third kappa shape index (κ3) is 6.25. The molecule has 0 saturated heterocycles. The van der Waals surface area contributed by atoms with Crippen LogP contribution in [0.3, 0.4) is 0 Å². The van der Waals surface area contributed by atoms with E-state index in [2.05, 4.69) is 10.6 Å². The topological polar surface area (TPSA) is 105 Å². The number of carbonyl (C=O) groups is 3. The number of carboxylic acid groups (broad SMARTS) is 1. The molecule has 0 aliphatic rings. The Morgan fingerprint density at radius 2 is 1.75 bits per heavy atom. The molecule has 132 valence electrons. The minimum atomic E-state index is -1.38. The summed E-state index contributed by atoms with van der Waals surface area (Å²) < 4.78 is 5.00. The lowest BCUT2D eigenvalue weighted by Gasteiger charge is -2.21. The van der Waals surface area contributed by atoms with Gasteiger partial charge in [-0.1, -0.05) is 29.3 Å². The molecule has 0 aliphatic carbocycles. The van der Waals surface area contributed by atoms with Crippen molar-refractivity contribution in [3.05, 3.63) is 33.8 Å².